The fourth-order valence-electron chi connectivity index (χ4n) is 3.18. The second-order valence-electron chi connectivity index (χ2n) is 6.16. The summed E-state index contributed by atoms with van der Waals surface area (Å²) in [6, 6.07) is 29.0. The van der Waals surface area contributed by atoms with Crippen molar-refractivity contribution in [2.24, 2.45) is 5.73 Å². The summed E-state index contributed by atoms with van der Waals surface area (Å²) in [5.41, 5.74) is 8.89. The number of nitrogens with one attached hydrogen (secondary N) is 1. The topological polar surface area (TPSA) is 38.0 Å². The van der Waals surface area contributed by atoms with Gasteiger partial charge in [0.1, 0.15) is 4.99 Å². The van der Waals surface area contributed by atoms with Gasteiger partial charge < -0.3 is 11.1 Å². The molecule has 0 atom stereocenters. The molecule has 0 aliphatic heterocycles. The first-order valence-corrected chi connectivity index (χ1v) is 8.87. The Bertz CT molecular complexity index is 1140. The third-order valence-electron chi connectivity index (χ3n) is 4.48. The summed E-state index contributed by atoms with van der Waals surface area (Å²) < 4.78 is 0. The van der Waals surface area contributed by atoms with E-state index in [2.05, 4.69) is 59.9 Å². The number of rotatable bonds is 4. The Hall–Kier alpha value is -3.17. The molecule has 3 N–H and O–H groups in total. The van der Waals surface area contributed by atoms with Crippen LogP contribution in [0.2, 0.25) is 0 Å². The van der Waals surface area contributed by atoms with Crippen LogP contribution < -0.4 is 11.1 Å². The summed E-state index contributed by atoms with van der Waals surface area (Å²) in [5, 5.41) is 8.05. The van der Waals surface area contributed by atoms with Crippen molar-refractivity contribution in [1.82, 2.24) is 0 Å². The first-order chi connectivity index (χ1) is 12.7. The lowest BCUT2D eigenvalue weighted by Gasteiger charge is -2.11. The van der Waals surface area contributed by atoms with E-state index in [1.165, 1.54) is 10.8 Å². The van der Waals surface area contributed by atoms with E-state index in [4.69, 9.17) is 18.0 Å². The Morgan fingerprint density at radius 3 is 2.27 bits per heavy atom. The Kier molecular flexibility index (Phi) is 4.38. The van der Waals surface area contributed by atoms with E-state index < -0.39 is 0 Å². The summed E-state index contributed by atoms with van der Waals surface area (Å²) in [6.07, 6.45) is 1.90. The van der Waals surface area contributed by atoms with Crippen molar-refractivity contribution in [3.8, 4) is 0 Å². The Morgan fingerprint density at radius 1 is 0.769 bits per heavy atom. The highest BCUT2D eigenvalue weighted by Gasteiger charge is 2.09. The smallest absolute Gasteiger partial charge is 0.106 e. The molecule has 4 aromatic rings. The minimum Gasteiger partial charge on any atom is -0.389 e. The average molecular weight is 354 g/mol. The Morgan fingerprint density at radius 2 is 1.46 bits per heavy atom. The SMILES string of the molecule is NC(=S)/C(=C\Nc1ccc2ccccc2c1)c1cccc2ccccc12. The average Bonchev–Trinajstić information content (AvgIpc) is 2.68. The van der Waals surface area contributed by atoms with E-state index in [-0.39, 0.29) is 0 Å². The number of hydrogen-bond donors (Lipinski definition) is 2. The summed E-state index contributed by atoms with van der Waals surface area (Å²) in [4.78, 5) is 0.370. The molecule has 0 heterocycles. The van der Waals surface area contributed by atoms with Gasteiger partial charge in [0.25, 0.3) is 0 Å². The van der Waals surface area contributed by atoms with Gasteiger partial charge in [0.05, 0.1) is 0 Å². The van der Waals surface area contributed by atoms with Crippen LogP contribution in [0.4, 0.5) is 5.69 Å². The number of benzene rings is 4. The van der Waals surface area contributed by atoms with Crippen LogP contribution in [0.15, 0.2) is 91.1 Å². The number of hydrogen-bond acceptors (Lipinski definition) is 2. The molecule has 0 aliphatic carbocycles. The van der Waals surface area contributed by atoms with Crippen LogP contribution in [0, 0.1) is 0 Å². The summed E-state index contributed by atoms with van der Waals surface area (Å²) in [5.74, 6) is 0. The van der Waals surface area contributed by atoms with Crippen LogP contribution in [-0.2, 0) is 0 Å². The molecule has 0 unspecified atom stereocenters. The summed E-state index contributed by atoms with van der Waals surface area (Å²) in [6.45, 7) is 0. The number of nitrogens with two attached hydrogens (primary N) is 1. The molecule has 0 fully saturated rings. The molecule has 0 spiro atoms. The molecule has 126 valence electrons. The molecular formula is C23H18N2S. The minimum absolute atomic E-state index is 0.370. The van der Waals surface area contributed by atoms with Crippen LogP contribution in [0.5, 0.6) is 0 Å². The van der Waals surface area contributed by atoms with Crippen LogP contribution in [0.25, 0.3) is 27.1 Å². The molecule has 2 nitrogen and oxygen atoms in total. The molecule has 0 aliphatic rings. The van der Waals surface area contributed by atoms with E-state index in [1.54, 1.807) is 0 Å². The molecule has 4 aromatic carbocycles. The van der Waals surface area contributed by atoms with Crippen LogP contribution in [0.3, 0.4) is 0 Å². The van der Waals surface area contributed by atoms with Gasteiger partial charge in [-0.15, -0.1) is 0 Å². The zero-order valence-electron chi connectivity index (χ0n) is 14.1. The zero-order chi connectivity index (χ0) is 17.9. The summed E-state index contributed by atoms with van der Waals surface area (Å²) in [7, 11) is 0. The molecule has 3 heteroatoms. The van der Waals surface area contributed by atoms with E-state index in [9.17, 15) is 0 Å². The van der Waals surface area contributed by atoms with Crippen LogP contribution in [-0.4, -0.2) is 4.99 Å². The first kappa shape index (κ1) is 16.3. The maximum Gasteiger partial charge on any atom is 0.106 e. The third kappa shape index (κ3) is 3.17. The van der Waals surface area contributed by atoms with Gasteiger partial charge in [-0.05, 0) is 39.2 Å². The van der Waals surface area contributed by atoms with Gasteiger partial charge in [0.15, 0.2) is 0 Å². The predicted octanol–water partition coefficient (Wildman–Crippen LogP) is 5.73. The maximum absolute atomic E-state index is 6.04. The zero-order valence-corrected chi connectivity index (χ0v) is 15.0. The third-order valence-corrected chi connectivity index (χ3v) is 4.70. The van der Waals surface area contributed by atoms with Crippen molar-refractivity contribution in [3.63, 3.8) is 0 Å². The lowest BCUT2D eigenvalue weighted by Crippen LogP contribution is -2.12. The van der Waals surface area contributed by atoms with Gasteiger partial charge >= 0.3 is 0 Å². The number of anilines is 1. The van der Waals surface area contributed by atoms with Gasteiger partial charge in [-0.1, -0.05) is 85.0 Å². The highest BCUT2D eigenvalue weighted by molar-refractivity contribution is 7.81. The minimum atomic E-state index is 0.370. The molecule has 0 amide bonds. The molecule has 0 saturated heterocycles. The first-order valence-electron chi connectivity index (χ1n) is 8.46. The molecule has 0 radical (unpaired) electrons. The lowest BCUT2D eigenvalue weighted by molar-refractivity contribution is 1.60. The Balaban J connectivity index is 1.74. The maximum atomic E-state index is 6.04. The fourth-order valence-corrected chi connectivity index (χ4v) is 3.35. The van der Waals surface area contributed by atoms with Crippen LogP contribution in [0.1, 0.15) is 5.56 Å². The van der Waals surface area contributed by atoms with Crippen molar-refractivity contribution >= 4 is 50.0 Å². The largest absolute Gasteiger partial charge is 0.389 e. The molecule has 0 bridgehead atoms. The van der Waals surface area contributed by atoms with E-state index in [0.29, 0.717) is 4.99 Å². The highest BCUT2D eigenvalue weighted by Crippen LogP contribution is 2.26. The normalized spacial score (nSPS) is 11.6. The highest BCUT2D eigenvalue weighted by atomic mass is 32.1. The fraction of sp³-hybridized carbons (Fsp3) is 0. The Labute approximate surface area is 158 Å². The monoisotopic (exact) mass is 354 g/mol. The van der Waals surface area contributed by atoms with Gasteiger partial charge in [-0.3, -0.25) is 0 Å². The number of thiocarbonyl (C=S) groups is 1. The molecular weight excluding hydrogens is 336 g/mol. The van der Waals surface area contributed by atoms with Gasteiger partial charge in [-0.25, -0.2) is 0 Å². The quantitative estimate of drug-likeness (QED) is 0.363. The summed E-state index contributed by atoms with van der Waals surface area (Å²) >= 11 is 5.32. The van der Waals surface area contributed by atoms with Gasteiger partial charge in [0.2, 0.25) is 0 Å². The molecule has 26 heavy (non-hydrogen) atoms. The standard InChI is InChI=1S/C23H18N2S/c24-23(26)22(21-11-5-9-17-7-3-4-10-20(17)21)15-25-19-13-12-16-6-1-2-8-18(16)14-19/h1-15,25H,(H2,24,26)/b22-15-. The van der Waals surface area contributed by atoms with Gasteiger partial charge in [-0.2, -0.15) is 0 Å². The van der Waals surface area contributed by atoms with Gasteiger partial charge in [0, 0.05) is 17.5 Å². The van der Waals surface area contributed by atoms with Crippen molar-refractivity contribution in [1.29, 1.82) is 0 Å². The lowest BCUT2D eigenvalue weighted by atomic mass is 9.99. The van der Waals surface area contributed by atoms with Crippen molar-refractivity contribution in [2.75, 3.05) is 5.32 Å². The second-order valence-corrected chi connectivity index (χ2v) is 6.60. The predicted molar refractivity (Wildman–Crippen MR) is 116 cm³/mol. The van der Waals surface area contributed by atoms with E-state index in [0.717, 1.165) is 27.6 Å². The number of fused-ring (bicyclic) bond motifs is 2. The molecule has 0 aromatic heterocycles. The second kappa shape index (κ2) is 6.98. The van der Waals surface area contributed by atoms with Crippen molar-refractivity contribution < 1.29 is 0 Å². The molecule has 4 rings (SSSR count). The van der Waals surface area contributed by atoms with Crippen LogP contribution >= 0.6 is 12.2 Å². The van der Waals surface area contributed by atoms with Crippen molar-refractivity contribution in [2.45, 2.75) is 0 Å². The van der Waals surface area contributed by atoms with Crippen molar-refractivity contribution in [3.05, 3.63) is 96.7 Å². The molecule has 0 saturated carbocycles. The van der Waals surface area contributed by atoms with E-state index in [1.807, 2.05) is 36.5 Å². The van der Waals surface area contributed by atoms with E-state index >= 15 is 0 Å².